The van der Waals surface area contributed by atoms with Crippen molar-refractivity contribution >= 4 is 38.9 Å². The Balaban J connectivity index is 2.19. The van der Waals surface area contributed by atoms with Gasteiger partial charge in [-0.3, -0.25) is 0 Å². The summed E-state index contributed by atoms with van der Waals surface area (Å²) in [6, 6.07) is 8.89. The third kappa shape index (κ3) is 4.29. The zero-order chi connectivity index (χ0) is 14.5. The fourth-order valence-electron chi connectivity index (χ4n) is 2.03. The van der Waals surface area contributed by atoms with Crippen molar-refractivity contribution in [2.45, 2.75) is 25.8 Å². The highest BCUT2D eigenvalue weighted by Crippen LogP contribution is 2.36. The molecule has 0 aliphatic carbocycles. The normalized spacial score (nSPS) is 12.6. The van der Waals surface area contributed by atoms with Crippen LogP contribution in [0.3, 0.4) is 0 Å². The van der Waals surface area contributed by atoms with E-state index in [1.165, 1.54) is 10.9 Å². The van der Waals surface area contributed by atoms with Crippen molar-refractivity contribution in [3.8, 4) is 0 Å². The molecule has 1 unspecified atom stereocenters. The Labute approximate surface area is 136 Å². The van der Waals surface area contributed by atoms with Crippen LogP contribution in [0.4, 0.5) is 4.39 Å². The quantitative estimate of drug-likeness (QED) is 0.693. The number of halogens is 3. The van der Waals surface area contributed by atoms with Crippen molar-refractivity contribution in [3.05, 3.63) is 55.4 Å². The van der Waals surface area contributed by atoms with Gasteiger partial charge in [0.1, 0.15) is 5.82 Å². The van der Waals surface area contributed by atoms with E-state index >= 15 is 0 Å². The van der Waals surface area contributed by atoms with Crippen molar-refractivity contribution in [2.75, 3.05) is 6.54 Å². The van der Waals surface area contributed by atoms with Crippen LogP contribution < -0.4 is 5.32 Å². The molecule has 0 bridgehead atoms. The smallest absolute Gasteiger partial charge is 0.123 e. The Kier molecular flexibility index (Phi) is 6.02. The van der Waals surface area contributed by atoms with Gasteiger partial charge in [-0.1, -0.05) is 30.7 Å². The lowest BCUT2D eigenvalue weighted by molar-refractivity contribution is 0.534. The third-order valence-electron chi connectivity index (χ3n) is 2.98. The highest BCUT2D eigenvalue weighted by Gasteiger charge is 2.16. The molecule has 0 saturated carbocycles. The molecule has 0 saturated heterocycles. The second-order valence-corrected chi connectivity index (χ2v) is 7.42. The first-order valence-electron chi connectivity index (χ1n) is 6.52. The van der Waals surface area contributed by atoms with E-state index in [-0.39, 0.29) is 11.9 Å². The van der Waals surface area contributed by atoms with Gasteiger partial charge in [-0.2, -0.15) is 0 Å². The fourth-order valence-corrected chi connectivity index (χ4v) is 3.85. The number of hydrogen-bond donors (Lipinski definition) is 1. The predicted octanol–water partition coefficient (Wildman–Crippen LogP) is 5.59. The van der Waals surface area contributed by atoms with Crippen LogP contribution in [0.25, 0.3) is 0 Å². The Bertz CT molecular complexity index is 553. The van der Waals surface area contributed by atoms with Gasteiger partial charge in [0, 0.05) is 10.9 Å². The third-order valence-corrected chi connectivity index (χ3v) is 5.57. The van der Waals surface area contributed by atoms with Crippen LogP contribution in [-0.2, 0) is 6.42 Å². The molecule has 1 nitrogen and oxygen atoms in total. The van der Waals surface area contributed by atoms with E-state index in [9.17, 15) is 4.39 Å². The van der Waals surface area contributed by atoms with E-state index in [0.29, 0.717) is 0 Å². The van der Waals surface area contributed by atoms with Crippen LogP contribution in [0.15, 0.2) is 34.1 Å². The monoisotopic (exact) mass is 375 g/mol. The summed E-state index contributed by atoms with van der Waals surface area (Å²) in [5, 5.41) is 4.23. The average molecular weight is 377 g/mol. The molecular weight excluding hydrogens is 361 g/mol. The lowest BCUT2D eigenvalue weighted by Crippen LogP contribution is -2.23. The minimum atomic E-state index is -0.192. The highest BCUT2D eigenvalue weighted by molar-refractivity contribution is 9.11. The molecule has 0 aliphatic rings. The van der Waals surface area contributed by atoms with Crippen molar-refractivity contribution in [1.82, 2.24) is 5.32 Å². The molecule has 1 aromatic carbocycles. The summed E-state index contributed by atoms with van der Waals surface area (Å²) >= 11 is 11.2. The first kappa shape index (κ1) is 16.0. The van der Waals surface area contributed by atoms with Gasteiger partial charge >= 0.3 is 0 Å². The molecular formula is C15H16BrClFNS. The van der Waals surface area contributed by atoms with Gasteiger partial charge in [-0.15, -0.1) is 11.3 Å². The van der Waals surface area contributed by atoms with Gasteiger partial charge in [0.05, 0.1) is 8.81 Å². The maximum absolute atomic E-state index is 13.3. The number of benzene rings is 1. The van der Waals surface area contributed by atoms with Crippen LogP contribution >= 0.6 is 38.9 Å². The largest absolute Gasteiger partial charge is 0.309 e. The Morgan fingerprint density at radius 3 is 2.80 bits per heavy atom. The van der Waals surface area contributed by atoms with E-state index in [4.69, 9.17) is 11.6 Å². The molecule has 0 radical (unpaired) electrons. The summed E-state index contributed by atoms with van der Waals surface area (Å²) < 4.78 is 14.2. The van der Waals surface area contributed by atoms with E-state index in [1.807, 2.05) is 12.1 Å². The molecule has 1 N–H and O–H groups in total. The second kappa shape index (κ2) is 7.55. The number of rotatable bonds is 6. The van der Waals surface area contributed by atoms with Crippen LogP contribution in [0.2, 0.25) is 5.02 Å². The molecule has 1 aromatic heterocycles. The van der Waals surface area contributed by atoms with Crippen molar-refractivity contribution in [3.63, 3.8) is 0 Å². The molecule has 1 atom stereocenters. The van der Waals surface area contributed by atoms with Gasteiger partial charge in [0.15, 0.2) is 0 Å². The maximum Gasteiger partial charge on any atom is 0.123 e. The summed E-state index contributed by atoms with van der Waals surface area (Å²) in [6.45, 7) is 3.05. The summed E-state index contributed by atoms with van der Waals surface area (Å²) in [5.74, 6) is -0.192. The molecule has 0 fully saturated rings. The van der Waals surface area contributed by atoms with Crippen LogP contribution in [0.1, 0.15) is 29.8 Å². The lowest BCUT2D eigenvalue weighted by atomic mass is 10.0. The minimum absolute atomic E-state index is 0.158. The van der Waals surface area contributed by atoms with E-state index in [2.05, 4.69) is 28.2 Å². The van der Waals surface area contributed by atoms with Crippen molar-refractivity contribution in [2.24, 2.45) is 0 Å². The van der Waals surface area contributed by atoms with Gasteiger partial charge < -0.3 is 5.32 Å². The summed E-state index contributed by atoms with van der Waals surface area (Å²) in [7, 11) is 0. The number of hydrogen-bond acceptors (Lipinski definition) is 2. The van der Waals surface area contributed by atoms with Gasteiger partial charge in [0.25, 0.3) is 0 Å². The SMILES string of the molecule is CCCNC(Cc1cccc(F)c1)c1cc(Cl)c(Br)s1. The molecule has 20 heavy (non-hydrogen) atoms. The average Bonchev–Trinajstić information content (AvgIpc) is 2.74. The summed E-state index contributed by atoms with van der Waals surface area (Å²) in [6.07, 6.45) is 1.81. The first-order chi connectivity index (χ1) is 9.60. The van der Waals surface area contributed by atoms with Crippen molar-refractivity contribution < 1.29 is 4.39 Å². The Morgan fingerprint density at radius 1 is 1.40 bits per heavy atom. The fraction of sp³-hybridized carbons (Fsp3) is 0.333. The maximum atomic E-state index is 13.3. The standard InChI is InChI=1S/C15H16BrClFNS/c1-2-6-19-13(14-9-12(17)15(16)20-14)8-10-4-3-5-11(18)7-10/h3-5,7,9,13,19H,2,6,8H2,1H3. The predicted molar refractivity (Wildman–Crippen MR) is 88.2 cm³/mol. The summed E-state index contributed by atoms with van der Waals surface area (Å²) in [5.41, 5.74) is 0.985. The van der Waals surface area contributed by atoms with E-state index < -0.39 is 0 Å². The minimum Gasteiger partial charge on any atom is -0.309 e. The molecule has 0 aliphatic heterocycles. The second-order valence-electron chi connectivity index (χ2n) is 4.61. The van der Waals surface area contributed by atoms with Crippen LogP contribution in [0, 0.1) is 5.82 Å². The molecule has 2 aromatic rings. The van der Waals surface area contributed by atoms with Gasteiger partial charge in [-0.25, -0.2) is 4.39 Å². The Morgan fingerprint density at radius 2 is 2.20 bits per heavy atom. The molecule has 2 rings (SSSR count). The number of nitrogens with one attached hydrogen (secondary N) is 1. The van der Waals surface area contributed by atoms with E-state index in [1.54, 1.807) is 23.5 Å². The van der Waals surface area contributed by atoms with Gasteiger partial charge in [0.2, 0.25) is 0 Å². The first-order valence-corrected chi connectivity index (χ1v) is 8.51. The Hall–Kier alpha value is -0.420. The van der Waals surface area contributed by atoms with Crippen molar-refractivity contribution in [1.29, 1.82) is 0 Å². The molecule has 5 heteroatoms. The summed E-state index contributed by atoms with van der Waals surface area (Å²) in [4.78, 5) is 1.17. The molecule has 0 amide bonds. The zero-order valence-corrected chi connectivity index (χ0v) is 14.3. The number of thiophene rings is 1. The molecule has 108 valence electrons. The van der Waals surface area contributed by atoms with Gasteiger partial charge in [-0.05, 0) is 59.1 Å². The zero-order valence-electron chi connectivity index (χ0n) is 11.1. The highest BCUT2D eigenvalue weighted by atomic mass is 79.9. The molecule has 1 heterocycles. The lowest BCUT2D eigenvalue weighted by Gasteiger charge is -2.17. The topological polar surface area (TPSA) is 12.0 Å². The van der Waals surface area contributed by atoms with Crippen LogP contribution in [0.5, 0.6) is 0 Å². The molecule has 0 spiro atoms. The van der Waals surface area contributed by atoms with Crippen LogP contribution in [-0.4, -0.2) is 6.54 Å². The van der Waals surface area contributed by atoms with E-state index in [0.717, 1.165) is 33.8 Å².